The number of fused-ring (bicyclic) bond motifs is 1. The Hall–Kier alpha value is -2.57. The van der Waals surface area contributed by atoms with E-state index in [9.17, 15) is 4.79 Å². The summed E-state index contributed by atoms with van der Waals surface area (Å²) in [7, 11) is 0. The second-order valence-electron chi connectivity index (χ2n) is 6.64. The second-order valence-corrected chi connectivity index (χ2v) is 7.07. The van der Waals surface area contributed by atoms with Crippen LogP contribution in [0.3, 0.4) is 0 Å². The maximum Gasteiger partial charge on any atom is 0.283 e. The zero-order valence-corrected chi connectivity index (χ0v) is 17.2. The van der Waals surface area contributed by atoms with E-state index in [0.29, 0.717) is 15.9 Å². The van der Waals surface area contributed by atoms with Gasteiger partial charge in [0, 0.05) is 22.8 Å². The van der Waals surface area contributed by atoms with Gasteiger partial charge in [0.2, 0.25) is 0 Å². The molecule has 0 saturated carbocycles. The lowest BCUT2D eigenvalue weighted by atomic mass is 10.2. The molecule has 2 aromatic carbocycles. The number of nitrogens with one attached hydrogen (secondary N) is 1. The molecule has 142 valence electrons. The second kappa shape index (κ2) is 7.45. The molecule has 1 N–H and O–H groups in total. The smallest absolute Gasteiger partial charge is 0.283 e. The van der Waals surface area contributed by atoms with Crippen LogP contribution in [0.2, 0.25) is 5.02 Å². The predicted molar refractivity (Wildman–Crippen MR) is 107 cm³/mol. The Bertz CT molecular complexity index is 1240. The molecule has 3 heterocycles. The molecule has 1 fully saturated rings. The average Bonchev–Trinajstić information content (AvgIpc) is 3.39. The number of para-hydroxylation sites is 1. The molecule has 2 aromatic heterocycles. The number of imidazole rings is 1. The fourth-order valence-electron chi connectivity index (χ4n) is 3.63. The van der Waals surface area contributed by atoms with E-state index in [4.69, 9.17) is 16.6 Å². The third-order valence-corrected chi connectivity index (χ3v) is 5.17. The number of rotatable bonds is 2. The maximum absolute atomic E-state index is 13.3. The maximum atomic E-state index is 13.3. The third kappa shape index (κ3) is 3.02. The Kier molecular flexibility index (Phi) is 5.00. The van der Waals surface area contributed by atoms with Crippen molar-refractivity contribution in [2.75, 3.05) is 6.54 Å². The summed E-state index contributed by atoms with van der Waals surface area (Å²) >= 11 is 6.01. The van der Waals surface area contributed by atoms with Gasteiger partial charge >= 0.3 is 0 Å². The van der Waals surface area contributed by atoms with Gasteiger partial charge in [-0.3, -0.25) is 4.79 Å². The highest BCUT2D eigenvalue weighted by molar-refractivity contribution is 6.30. The van der Waals surface area contributed by atoms with Crippen LogP contribution in [0, 0.1) is 0 Å². The van der Waals surface area contributed by atoms with E-state index in [1.165, 1.54) is 0 Å². The molecule has 0 amide bonds. The number of aromatic nitrogens is 3. The topological polar surface area (TPSA) is 51.3 Å². The van der Waals surface area contributed by atoms with E-state index in [-0.39, 0.29) is 22.5 Å². The summed E-state index contributed by atoms with van der Waals surface area (Å²) in [5, 5.41) is 4.71. The van der Waals surface area contributed by atoms with Crippen LogP contribution in [0.5, 0.6) is 0 Å². The first kappa shape index (κ1) is 18.8. The molecular weight excluding hydrogens is 440 g/mol. The van der Waals surface area contributed by atoms with Gasteiger partial charge in [0.15, 0.2) is 5.65 Å². The molecule has 28 heavy (non-hydrogen) atoms. The van der Waals surface area contributed by atoms with Crippen LogP contribution in [0.15, 0.2) is 65.6 Å². The highest BCUT2D eigenvalue weighted by Gasteiger charge is 2.19. The predicted octanol–water partition coefficient (Wildman–Crippen LogP) is 0.0201. The van der Waals surface area contributed by atoms with E-state index >= 15 is 0 Å². The van der Waals surface area contributed by atoms with Gasteiger partial charge < -0.3 is 22.3 Å². The minimum Gasteiger partial charge on any atom is -1.00 e. The summed E-state index contributed by atoms with van der Waals surface area (Å²) in [6, 6.07) is 17.2. The van der Waals surface area contributed by atoms with Crippen LogP contribution in [0.4, 0.5) is 0 Å². The SMILES string of the molecule is O=c1/c(=C2/CCCN2)c2nc(-c3ccc(Cl)cc3)cn2n1-c1ccccc1.[Br-]. The molecule has 0 unspecified atom stereocenters. The molecule has 5 rings (SSSR count). The fraction of sp³-hybridized carbons (Fsp3) is 0.143. The Morgan fingerprint density at radius 3 is 2.46 bits per heavy atom. The van der Waals surface area contributed by atoms with Crippen molar-refractivity contribution in [1.82, 2.24) is 19.5 Å². The molecule has 1 aliphatic heterocycles. The molecule has 0 aliphatic carbocycles. The largest absolute Gasteiger partial charge is 1.00 e. The first-order valence-electron chi connectivity index (χ1n) is 8.95. The van der Waals surface area contributed by atoms with Crippen molar-refractivity contribution in [2.45, 2.75) is 12.8 Å². The van der Waals surface area contributed by atoms with Gasteiger partial charge in [0.1, 0.15) is 5.22 Å². The molecule has 0 atom stereocenters. The van der Waals surface area contributed by atoms with Gasteiger partial charge in [-0.15, -0.1) is 0 Å². The molecule has 0 spiro atoms. The number of nitrogens with zero attached hydrogens (tertiary/aromatic N) is 3. The van der Waals surface area contributed by atoms with E-state index in [2.05, 4.69) is 5.32 Å². The summed E-state index contributed by atoms with van der Waals surface area (Å²) in [6.07, 6.45) is 3.81. The van der Waals surface area contributed by atoms with Crippen molar-refractivity contribution in [3.63, 3.8) is 0 Å². The molecule has 5 nitrogen and oxygen atoms in total. The van der Waals surface area contributed by atoms with Crippen molar-refractivity contribution in [3.8, 4) is 16.9 Å². The summed E-state index contributed by atoms with van der Waals surface area (Å²) < 4.78 is 3.54. The first-order chi connectivity index (χ1) is 13.2. The zero-order valence-electron chi connectivity index (χ0n) is 14.9. The highest BCUT2D eigenvalue weighted by Crippen LogP contribution is 2.21. The van der Waals surface area contributed by atoms with Crippen molar-refractivity contribution in [1.29, 1.82) is 0 Å². The van der Waals surface area contributed by atoms with Crippen LogP contribution in [-0.2, 0) is 0 Å². The summed E-state index contributed by atoms with van der Waals surface area (Å²) in [4.78, 5) is 18.1. The van der Waals surface area contributed by atoms with Gasteiger partial charge in [-0.05, 0) is 37.1 Å². The molecule has 0 radical (unpaired) electrons. The van der Waals surface area contributed by atoms with Gasteiger partial charge in [0.25, 0.3) is 5.56 Å². The van der Waals surface area contributed by atoms with Gasteiger partial charge in [-0.2, -0.15) is 0 Å². The van der Waals surface area contributed by atoms with E-state index in [1.807, 2.05) is 65.3 Å². The van der Waals surface area contributed by atoms with Crippen molar-refractivity contribution < 1.29 is 17.0 Å². The average molecular weight is 457 g/mol. The Labute approximate surface area is 177 Å². The lowest BCUT2D eigenvalue weighted by molar-refractivity contribution is -0.00000543. The minimum atomic E-state index is -0.0456. The van der Waals surface area contributed by atoms with Crippen molar-refractivity contribution in [3.05, 3.63) is 81.4 Å². The fourth-order valence-corrected chi connectivity index (χ4v) is 3.76. The molecule has 4 aromatic rings. The monoisotopic (exact) mass is 455 g/mol. The standard InChI is InChI=1S/C21H17ClN4O.BrH/c22-15-10-8-14(9-11-15)18-13-25-20(24-18)19(17-7-4-12-23-17)21(27)26(25)16-5-2-1-3-6-16;/h1-3,5-6,8-11,13,23H,4,7,12H2;1H/p-1/b19-17-;. The summed E-state index contributed by atoms with van der Waals surface area (Å²) in [6.45, 7) is 0.891. The quantitative estimate of drug-likeness (QED) is 0.463. The van der Waals surface area contributed by atoms with E-state index in [1.54, 1.807) is 4.68 Å². The highest BCUT2D eigenvalue weighted by atomic mass is 79.9. The van der Waals surface area contributed by atoms with E-state index in [0.717, 1.165) is 42.0 Å². The minimum absolute atomic E-state index is 0. The number of benzene rings is 2. The van der Waals surface area contributed by atoms with Crippen LogP contribution in [0.25, 0.3) is 28.3 Å². The number of hydrogen-bond acceptors (Lipinski definition) is 3. The van der Waals surface area contributed by atoms with Crippen LogP contribution >= 0.6 is 11.6 Å². The molecular formula is C21H17BrClN4O-. The van der Waals surface area contributed by atoms with Crippen LogP contribution in [-0.4, -0.2) is 20.7 Å². The Morgan fingerprint density at radius 1 is 1.04 bits per heavy atom. The first-order valence-corrected chi connectivity index (χ1v) is 9.33. The molecule has 7 heteroatoms. The lowest BCUT2D eigenvalue weighted by Crippen LogP contribution is -3.00. The third-order valence-electron chi connectivity index (χ3n) is 4.92. The van der Waals surface area contributed by atoms with E-state index < -0.39 is 0 Å². The molecule has 0 bridgehead atoms. The lowest BCUT2D eigenvalue weighted by Gasteiger charge is -2.03. The Morgan fingerprint density at radius 2 is 1.79 bits per heavy atom. The van der Waals surface area contributed by atoms with Crippen molar-refractivity contribution in [2.24, 2.45) is 0 Å². The van der Waals surface area contributed by atoms with Crippen molar-refractivity contribution >= 4 is 22.9 Å². The normalized spacial score (nSPS) is 15.5. The number of hydrogen-bond donors (Lipinski definition) is 1. The van der Waals surface area contributed by atoms with Crippen LogP contribution in [0.1, 0.15) is 12.8 Å². The van der Waals surface area contributed by atoms with Gasteiger partial charge in [0.05, 0.1) is 17.6 Å². The molecule has 1 saturated heterocycles. The van der Waals surface area contributed by atoms with Gasteiger partial charge in [-0.1, -0.05) is 41.9 Å². The van der Waals surface area contributed by atoms with Crippen LogP contribution < -0.4 is 33.1 Å². The Balaban J connectivity index is 0.00000192. The summed E-state index contributed by atoms with van der Waals surface area (Å²) in [5.74, 6) is 0. The summed E-state index contributed by atoms with van der Waals surface area (Å²) in [5.41, 5.74) is 4.20. The molecule has 1 aliphatic rings. The number of halogens is 2. The van der Waals surface area contributed by atoms with Gasteiger partial charge in [-0.25, -0.2) is 14.2 Å². The zero-order chi connectivity index (χ0) is 18.4.